The van der Waals surface area contributed by atoms with E-state index in [2.05, 4.69) is 5.32 Å². The fourth-order valence-electron chi connectivity index (χ4n) is 4.00. The maximum absolute atomic E-state index is 12.6. The van der Waals surface area contributed by atoms with Gasteiger partial charge in [0.15, 0.2) is 0 Å². The van der Waals surface area contributed by atoms with Gasteiger partial charge in [0, 0.05) is 22.8 Å². The van der Waals surface area contributed by atoms with Crippen molar-refractivity contribution in [1.82, 2.24) is 0 Å². The van der Waals surface area contributed by atoms with Crippen molar-refractivity contribution in [3.63, 3.8) is 0 Å². The molecule has 0 spiro atoms. The summed E-state index contributed by atoms with van der Waals surface area (Å²) in [5.74, 6) is -1.96. The van der Waals surface area contributed by atoms with Crippen LogP contribution in [-0.2, 0) is 9.59 Å². The van der Waals surface area contributed by atoms with E-state index in [-0.39, 0.29) is 17.7 Å². The summed E-state index contributed by atoms with van der Waals surface area (Å²) in [4.78, 5) is 24.0. The molecule has 0 aliphatic heterocycles. The number of benzene rings is 1. The van der Waals surface area contributed by atoms with Gasteiger partial charge in [-0.25, -0.2) is 0 Å². The van der Waals surface area contributed by atoms with Crippen LogP contribution in [0, 0.1) is 23.7 Å². The first-order valence-corrected chi connectivity index (χ1v) is 7.74. The first-order valence-electron chi connectivity index (χ1n) is 7.36. The zero-order valence-electron chi connectivity index (χ0n) is 12.2. The minimum atomic E-state index is -1.12. The fraction of sp³-hybridized carbons (Fsp3) is 0.500. The van der Waals surface area contributed by atoms with Gasteiger partial charge >= 0.3 is 0 Å². The summed E-state index contributed by atoms with van der Waals surface area (Å²) >= 11 is 5.95. The van der Waals surface area contributed by atoms with Crippen molar-refractivity contribution >= 4 is 29.2 Å². The molecule has 1 aromatic rings. The number of carboxylic acid groups (broad SMARTS) is 1. The van der Waals surface area contributed by atoms with Crippen molar-refractivity contribution in [2.24, 2.45) is 23.7 Å². The Hall–Kier alpha value is -1.75. The second kappa shape index (κ2) is 5.80. The predicted molar refractivity (Wildman–Crippen MR) is 79.5 cm³/mol. The molecule has 1 aromatic carbocycles. The highest BCUT2D eigenvalue weighted by molar-refractivity contribution is 6.31. The van der Waals surface area contributed by atoms with Gasteiger partial charge in [-0.1, -0.05) is 11.6 Å². The zero-order valence-corrected chi connectivity index (χ0v) is 12.9. The molecule has 2 bridgehead atoms. The summed E-state index contributed by atoms with van der Waals surface area (Å²) in [6.45, 7) is 0. The van der Waals surface area contributed by atoms with E-state index >= 15 is 0 Å². The molecule has 22 heavy (non-hydrogen) atoms. The number of methoxy groups -OCH3 is 1. The number of halogens is 1. The van der Waals surface area contributed by atoms with Crippen LogP contribution in [0.5, 0.6) is 5.75 Å². The smallest absolute Gasteiger partial charge is 0.228 e. The van der Waals surface area contributed by atoms with Gasteiger partial charge < -0.3 is 20.0 Å². The lowest BCUT2D eigenvalue weighted by Crippen LogP contribution is -2.44. The molecule has 1 N–H and O–H groups in total. The van der Waals surface area contributed by atoms with Gasteiger partial charge in [0.25, 0.3) is 0 Å². The SMILES string of the molecule is COc1ccc(Cl)cc1NC(=O)[C@H]1[C@H]2CC[C@@H](C2)[C@@H]1C(=O)[O-]. The largest absolute Gasteiger partial charge is 0.550 e. The maximum Gasteiger partial charge on any atom is 0.228 e. The molecule has 0 heterocycles. The van der Waals surface area contributed by atoms with Crippen LogP contribution in [0.1, 0.15) is 19.3 Å². The highest BCUT2D eigenvalue weighted by atomic mass is 35.5. The van der Waals surface area contributed by atoms with Crippen LogP contribution in [0.4, 0.5) is 5.69 Å². The van der Waals surface area contributed by atoms with Crippen LogP contribution in [0.15, 0.2) is 18.2 Å². The molecule has 0 radical (unpaired) electrons. The highest BCUT2D eigenvalue weighted by Crippen LogP contribution is 2.52. The third-order valence-electron chi connectivity index (χ3n) is 4.91. The minimum absolute atomic E-state index is 0.0620. The molecule has 0 saturated heterocycles. The number of ether oxygens (including phenoxy) is 1. The van der Waals surface area contributed by atoms with Crippen molar-refractivity contribution in [2.45, 2.75) is 19.3 Å². The lowest BCUT2D eigenvalue weighted by Gasteiger charge is -2.30. The predicted octanol–water partition coefficient (Wildman–Crippen LogP) is 1.70. The molecule has 2 fully saturated rings. The normalized spacial score (nSPS) is 29.4. The van der Waals surface area contributed by atoms with Crippen LogP contribution in [0.25, 0.3) is 0 Å². The van der Waals surface area contributed by atoms with Crippen molar-refractivity contribution in [3.8, 4) is 5.75 Å². The van der Waals surface area contributed by atoms with E-state index in [9.17, 15) is 14.7 Å². The molecule has 2 aliphatic carbocycles. The molecule has 2 aliphatic rings. The summed E-state index contributed by atoms with van der Waals surface area (Å²) in [5.41, 5.74) is 0.458. The second-order valence-electron chi connectivity index (χ2n) is 6.04. The number of carboxylic acids is 1. The van der Waals surface area contributed by atoms with Gasteiger partial charge in [0.05, 0.1) is 12.8 Å². The van der Waals surface area contributed by atoms with Crippen molar-refractivity contribution in [1.29, 1.82) is 0 Å². The Morgan fingerprint density at radius 3 is 2.59 bits per heavy atom. The van der Waals surface area contributed by atoms with Crippen molar-refractivity contribution in [2.75, 3.05) is 12.4 Å². The second-order valence-corrected chi connectivity index (χ2v) is 6.47. The minimum Gasteiger partial charge on any atom is -0.550 e. The first kappa shape index (κ1) is 15.2. The maximum atomic E-state index is 12.6. The molecule has 0 aromatic heterocycles. The topological polar surface area (TPSA) is 78.5 Å². The number of hydrogen-bond acceptors (Lipinski definition) is 4. The van der Waals surface area contributed by atoms with Crippen LogP contribution in [0.2, 0.25) is 5.02 Å². The van der Waals surface area contributed by atoms with E-state index in [4.69, 9.17) is 16.3 Å². The summed E-state index contributed by atoms with van der Waals surface area (Å²) in [5, 5.41) is 14.6. The Morgan fingerprint density at radius 2 is 1.95 bits per heavy atom. The highest BCUT2D eigenvalue weighted by Gasteiger charge is 2.51. The number of hydrogen-bond donors (Lipinski definition) is 1. The Balaban J connectivity index is 1.82. The quantitative estimate of drug-likeness (QED) is 0.915. The molecule has 118 valence electrons. The Morgan fingerprint density at radius 1 is 1.27 bits per heavy atom. The Labute approximate surface area is 133 Å². The average Bonchev–Trinajstić information content (AvgIpc) is 3.08. The average molecular weight is 323 g/mol. The lowest BCUT2D eigenvalue weighted by molar-refractivity contribution is -0.314. The van der Waals surface area contributed by atoms with E-state index in [0.29, 0.717) is 16.5 Å². The number of rotatable bonds is 4. The summed E-state index contributed by atoms with van der Waals surface area (Å²) < 4.78 is 5.20. The van der Waals surface area contributed by atoms with Gasteiger partial charge in [0.1, 0.15) is 5.75 Å². The number of aliphatic carboxylic acids is 1. The van der Waals surface area contributed by atoms with Crippen LogP contribution < -0.4 is 15.2 Å². The number of nitrogens with one attached hydrogen (secondary N) is 1. The van der Waals surface area contributed by atoms with Crippen molar-refractivity contribution in [3.05, 3.63) is 23.2 Å². The van der Waals surface area contributed by atoms with Crippen LogP contribution in [-0.4, -0.2) is 19.0 Å². The first-order chi connectivity index (χ1) is 10.5. The van der Waals surface area contributed by atoms with E-state index in [1.54, 1.807) is 18.2 Å². The summed E-state index contributed by atoms with van der Waals surface area (Å²) in [6.07, 6.45) is 2.57. The third kappa shape index (κ3) is 2.54. The van der Waals surface area contributed by atoms with E-state index in [1.165, 1.54) is 7.11 Å². The van der Waals surface area contributed by atoms with Crippen LogP contribution in [0.3, 0.4) is 0 Å². The summed E-state index contributed by atoms with van der Waals surface area (Å²) in [7, 11) is 1.50. The van der Waals surface area contributed by atoms with Gasteiger partial charge in [-0.3, -0.25) is 4.79 Å². The van der Waals surface area contributed by atoms with E-state index < -0.39 is 17.8 Å². The lowest BCUT2D eigenvalue weighted by atomic mass is 9.78. The zero-order chi connectivity index (χ0) is 15.9. The summed E-state index contributed by atoms with van der Waals surface area (Å²) in [6, 6.07) is 4.92. The van der Waals surface area contributed by atoms with Gasteiger partial charge in [-0.05, 0) is 49.3 Å². The molecular weight excluding hydrogens is 306 g/mol. The molecular formula is C16H17ClNO4-. The number of carbonyl (C=O) groups is 2. The monoisotopic (exact) mass is 322 g/mol. The molecule has 4 atom stereocenters. The standard InChI is InChI=1S/C16H18ClNO4/c1-22-12-5-4-10(17)7-11(12)18-15(19)13-8-2-3-9(6-8)14(13)16(20)21/h4-5,7-9,13-14H,2-3,6H2,1H3,(H,18,19)(H,20,21)/p-1/t8-,9-,13-,14-/m0/s1. The van der Waals surface area contributed by atoms with Gasteiger partial charge in [-0.2, -0.15) is 0 Å². The molecule has 5 nitrogen and oxygen atoms in total. The molecule has 3 rings (SSSR count). The number of anilines is 1. The molecule has 1 amide bonds. The molecule has 2 saturated carbocycles. The van der Waals surface area contributed by atoms with Gasteiger partial charge in [0.2, 0.25) is 5.91 Å². The van der Waals surface area contributed by atoms with E-state index in [1.807, 2.05) is 0 Å². The molecule has 6 heteroatoms. The van der Waals surface area contributed by atoms with Crippen molar-refractivity contribution < 1.29 is 19.4 Å². The van der Waals surface area contributed by atoms with E-state index in [0.717, 1.165) is 19.3 Å². The third-order valence-corrected chi connectivity index (χ3v) is 5.15. The fourth-order valence-corrected chi connectivity index (χ4v) is 4.17. The molecule has 0 unspecified atom stereocenters. The Bertz CT molecular complexity index is 618. The van der Waals surface area contributed by atoms with Crippen LogP contribution >= 0.6 is 11.6 Å². The number of fused-ring (bicyclic) bond motifs is 2. The Kier molecular flexibility index (Phi) is 4.00. The van der Waals surface area contributed by atoms with Gasteiger partial charge in [-0.15, -0.1) is 0 Å². The number of carbonyl (C=O) groups excluding carboxylic acids is 2. The number of amides is 1.